The van der Waals surface area contributed by atoms with Crippen molar-refractivity contribution in [3.05, 3.63) is 18.1 Å². The topological polar surface area (TPSA) is 165 Å². The van der Waals surface area contributed by atoms with E-state index in [-0.39, 0.29) is 19.5 Å². The quantitative estimate of drug-likeness (QED) is 0.257. The molecule has 0 aromatic carbocycles. The smallest absolute Gasteiger partial charge is 0.432 e. The molecule has 27 heavy (non-hydrogen) atoms. The van der Waals surface area contributed by atoms with Crippen molar-refractivity contribution in [1.82, 2.24) is 20.3 Å². The van der Waals surface area contributed by atoms with Crippen molar-refractivity contribution in [2.24, 2.45) is 0 Å². The molecule has 4 unspecified atom stereocenters. The average Bonchev–Trinajstić information content (AvgIpc) is 3.15. The number of ether oxygens (including phenoxy) is 3. The van der Waals surface area contributed by atoms with Crippen LogP contribution in [0.15, 0.2) is 12.5 Å². The number of hydrogen-bond acceptors (Lipinski definition) is 10. The highest BCUT2D eigenvalue weighted by atomic mass is 16.8. The van der Waals surface area contributed by atoms with Crippen LogP contribution in [-0.4, -0.2) is 69.1 Å². The number of hydrogen-bond donors (Lipinski definition) is 5. The zero-order valence-corrected chi connectivity index (χ0v) is 15.0. The number of carbonyl (C=O) groups is 1. The lowest BCUT2D eigenvalue weighted by Crippen LogP contribution is -2.37. The first-order valence-corrected chi connectivity index (χ1v) is 8.49. The Kier molecular flexibility index (Phi) is 5.75. The van der Waals surface area contributed by atoms with E-state index in [1.54, 1.807) is 20.0 Å². The second kappa shape index (κ2) is 8.05. The van der Waals surface area contributed by atoms with Crippen LogP contribution in [0.5, 0.6) is 0 Å². The van der Waals surface area contributed by atoms with Crippen LogP contribution < -0.4 is 11.1 Å². The maximum atomic E-state index is 11.3. The molecule has 11 nitrogen and oxygen atoms in total. The van der Waals surface area contributed by atoms with Crippen LogP contribution in [0.4, 0.5) is 10.6 Å². The van der Waals surface area contributed by atoms with Crippen molar-refractivity contribution in [2.75, 3.05) is 19.1 Å². The third-order valence-corrected chi connectivity index (χ3v) is 4.24. The van der Waals surface area contributed by atoms with Crippen molar-refractivity contribution in [2.45, 2.75) is 44.2 Å². The Morgan fingerprint density at radius 2 is 2.11 bits per heavy atom. The van der Waals surface area contributed by atoms with E-state index in [0.717, 1.165) is 0 Å². The summed E-state index contributed by atoms with van der Waals surface area (Å²) in [6.07, 6.45) is -0.291. The normalized spacial score (nSPS) is 25.2. The number of fused-ring (bicyclic) bond motifs is 1. The number of anilines is 1. The zero-order chi connectivity index (χ0) is 19.6. The maximum absolute atomic E-state index is 11.3. The minimum atomic E-state index is -1.08. The molecule has 6 N–H and O–H groups in total. The van der Waals surface area contributed by atoms with E-state index >= 15 is 0 Å². The van der Waals surface area contributed by atoms with E-state index in [2.05, 4.69) is 20.3 Å². The summed E-state index contributed by atoms with van der Waals surface area (Å²) in [4.78, 5) is 22.3. The Labute approximate surface area is 154 Å². The van der Waals surface area contributed by atoms with Gasteiger partial charge in [-0.15, -0.1) is 0 Å². The standard InChI is InChI=1S/C16H23N5O6/c1-7(2)27-16(24)26-6-25-4-9-13(22)14(23)11(21-9)8-3-18-12-10(8)19-5-20-15(12)17/h3,5,7,9,11,13-14,18,21-23H,4,6H2,1-2H3,(H2,17,19,20). The van der Waals surface area contributed by atoms with Gasteiger partial charge in [0.15, 0.2) is 12.6 Å². The van der Waals surface area contributed by atoms with Gasteiger partial charge in [0.25, 0.3) is 0 Å². The Morgan fingerprint density at radius 3 is 2.85 bits per heavy atom. The van der Waals surface area contributed by atoms with E-state index in [4.69, 9.17) is 19.9 Å². The third-order valence-electron chi connectivity index (χ3n) is 4.24. The Hall–Kier alpha value is -2.47. The summed E-state index contributed by atoms with van der Waals surface area (Å²) in [6, 6.07) is -1.15. The average molecular weight is 381 g/mol. The number of aliphatic hydroxyl groups is 2. The molecule has 11 heteroatoms. The molecule has 0 radical (unpaired) electrons. The molecule has 1 saturated heterocycles. The molecule has 0 saturated carbocycles. The van der Waals surface area contributed by atoms with Gasteiger partial charge < -0.3 is 40.5 Å². The van der Waals surface area contributed by atoms with Crippen LogP contribution in [0.25, 0.3) is 11.0 Å². The minimum Gasteiger partial charge on any atom is -0.432 e. The van der Waals surface area contributed by atoms with Gasteiger partial charge in [0, 0.05) is 11.8 Å². The van der Waals surface area contributed by atoms with E-state index < -0.39 is 30.4 Å². The molecule has 1 aliphatic heterocycles. The molecule has 1 aliphatic rings. The number of aromatic nitrogens is 3. The lowest BCUT2D eigenvalue weighted by Gasteiger charge is -2.16. The predicted molar refractivity (Wildman–Crippen MR) is 93.5 cm³/mol. The first-order chi connectivity index (χ1) is 12.9. The molecule has 3 heterocycles. The minimum absolute atomic E-state index is 0.0170. The summed E-state index contributed by atoms with van der Waals surface area (Å²) >= 11 is 0. The van der Waals surface area contributed by atoms with Gasteiger partial charge in [0.2, 0.25) is 0 Å². The van der Waals surface area contributed by atoms with Gasteiger partial charge in [-0.1, -0.05) is 0 Å². The molecule has 0 aliphatic carbocycles. The Balaban J connectivity index is 1.59. The molecule has 2 aromatic rings. The SMILES string of the molecule is CC(C)OC(=O)OCOCC1NC(c2c[nH]c3c(N)ncnc23)C(O)C1O. The molecule has 1 fully saturated rings. The summed E-state index contributed by atoms with van der Waals surface area (Å²) in [7, 11) is 0. The van der Waals surface area contributed by atoms with Crippen LogP contribution in [0.3, 0.4) is 0 Å². The highest BCUT2D eigenvalue weighted by Gasteiger charge is 2.43. The van der Waals surface area contributed by atoms with Gasteiger partial charge in [-0.2, -0.15) is 0 Å². The lowest BCUT2D eigenvalue weighted by atomic mass is 10.0. The van der Waals surface area contributed by atoms with Gasteiger partial charge in [-0.3, -0.25) is 0 Å². The molecule has 0 spiro atoms. The van der Waals surface area contributed by atoms with E-state index in [0.29, 0.717) is 22.4 Å². The summed E-state index contributed by atoms with van der Waals surface area (Å²) in [6.45, 7) is 3.09. The van der Waals surface area contributed by atoms with Crippen molar-refractivity contribution in [1.29, 1.82) is 0 Å². The largest absolute Gasteiger partial charge is 0.510 e. The number of nitrogen functional groups attached to an aromatic ring is 1. The third kappa shape index (κ3) is 4.11. The fraction of sp³-hybridized carbons (Fsp3) is 0.562. The lowest BCUT2D eigenvalue weighted by molar-refractivity contribution is -0.0652. The Bertz CT molecular complexity index is 797. The predicted octanol–water partition coefficient (Wildman–Crippen LogP) is -0.189. The monoisotopic (exact) mass is 381 g/mol. The number of aromatic amines is 1. The number of nitrogens with two attached hydrogens (primary N) is 1. The highest BCUT2D eigenvalue weighted by Crippen LogP contribution is 2.32. The number of H-pyrrole nitrogens is 1. The number of rotatable bonds is 6. The van der Waals surface area contributed by atoms with Crippen LogP contribution in [0, 0.1) is 0 Å². The van der Waals surface area contributed by atoms with E-state index in [1.165, 1.54) is 6.33 Å². The highest BCUT2D eigenvalue weighted by molar-refractivity contribution is 5.87. The van der Waals surface area contributed by atoms with Gasteiger partial charge in [-0.05, 0) is 13.8 Å². The fourth-order valence-electron chi connectivity index (χ4n) is 2.99. The molecular formula is C16H23N5O6. The van der Waals surface area contributed by atoms with E-state index in [9.17, 15) is 15.0 Å². The van der Waals surface area contributed by atoms with Crippen molar-refractivity contribution in [3.8, 4) is 0 Å². The van der Waals surface area contributed by atoms with Crippen LogP contribution in [0.1, 0.15) is 25.5 Å². The first-order valence-electron chi connectivity index (χ1n) is 8.49. The van der Waals surface area contributed by atoms with Gasteiger partial charge in [-0.25, -0.2) is 14.8 Å². The molecule has 2 aromatic heterocycles. The zero-order valence-electron chi connectivity index (χ0n) is 15.0. The summed E-state index contributed by atoms with van der Waals surface area (Å²) in [5.41, 5.74) is 7.59. The number of nitrogens with one attached hydrogen (secondary N) is 2. The summed E-state index contributed by atoms with van der Waals surface area (Å²) in [5, 5.41) is 23.8. The number of nitrogens with zero attached hydrogens (tertiary/aromatic N) is 2. The van der Waals surface area contributed by atoms with Crippen molar-refractivity contribution >= 4 is 23.0 Å². The molecule has 3 rings (SSSR count). The van der Waals surface area contributed by atoms with Crippen molar-refractivity contribution < 1.29 is 29.2 Å². The molecule has 148 valence electrons. The first kappa shape index (κ1) is 19.3. The molecule has 4 atom stereocenters. The summed E-state index contributed by atoms with van der Waals surface area (Å²) in [5.74, 6) is 0.296. The molecule has 0 bridgehead atoms. The maximum Gasteiger partial charge on any atom is 0.510 e. The molecular weight excluding hydrogens is 358 g/mol. The van der Waals surface area contributed by atoms with Gasteiger partial charge in [0.1, 0.15) is 17.9 Å². The number of aliphatic hydroxyl groups excluding tert-OH is 2. The van der Waals surface area contributed by atoms with Crippen LogP contribution >= 0.6 is 0 Å². The fourth-order valence-corrected chi connectivity index (χ4v) is 2.99. The van der Waals surface area contributed by atoms with Crippen LogP contribution in [-0.2, 0) is 14.2 Å². The second-order valence-corrected chi connectivity index (χ2v) is 6.51. The molecule has 0 amide bonds. The van der Waals surface area contributed by atoms with Gasteiger partial charge >= 0.3 is 6.16 Å². The Morgan fingerprint density at radius 1 is 1.33 bits per heavy atom. The van der Waals surface area contributed by atoms with Crippen molar-refractivity contribution in [3.63, 3.8) is 0 Å². The van der Waals surface area contributed by atoms with Gasteiger partial charge in [0.05, 0.1) is 36.4 Å². The number of carbonyl (C=O) groups excluding carboxylic acids is 1. The second-order valence-electron chi connectivity index (χ2n) is 6.51. The van der Waals surface area contributed by atoms with Crippen LogP contribution in [0.2, 0.25) is 0 Å². The summed E-state index contributed by atoms with van der Waals surface area (Å²) < 4.78 is 14.8. The van der Waals surface area contributed by atoms with E-state index in [1.807, 2.05) is 0 Å².